The van der Waals surface area contributed by atoms with Crippen LogP contribution in [0.2, 0.25) is 0 Å². The second-order valence-electron chi connectivity index (χ2n) is 7.79. The van der Waals surface area contributed by atoms with E-state index in [1.165, 1.54) is 0 Å². The molecule has 0 aliphatic carbocycles. The van der Waals surface area contributed by atoms with Gasteiger partial charge in [0.05, 0.1) is 30.3 Å². The van der Waals surface area contributed by atoms with Crippen molar-refractivity contribution in [1.29, 1.82) is 0 Å². The van der Waals surface area contributed by atoms with Gasteiger partial charge in [0.2, 0.25) is 6.79 Å². The SMILES string of the molecule is CC1CN(c2ncnc3c2cnn3CCNC(=O)c2ccc3c(c2)OCO3)CC(C)O1. The van der Waals surface area contributed by atoms with Crippen molar-refractivity contribution >= 4 is 22.8 Å². The first-order valence-corrected chi connectivity index (χ1v) is 10.3. The summed E-state index contributed by atoms with van der Waals surface area (Å²) in [6.45, 7) is 6.75. The number of ether oxygens (including phenoxy) is 3. The van der Waals surface area contributed by atoms with Crippen LogP contribution in [-0.2, 0) is 11.3 Å². The number of nitrogens with one attached hydrogen (secondary N) is 1. The van der Waals surface area contributed by atoms with E-state index in [0.717, 1.165) is 29.9 Å². The van der Waals surface area contributed by atoms with Crippen LogP contribution >= 0.6 is 0 Å². The average molecular weight is 424 g/mol. The van der Waals surface area contributed by atoms with Crippen molar-refractivity contribution in [3.8, 4) is 11.5 Å². The summed E-state index contributed by atoms with van der Waals surface area (Å²) >= 11 is 0. The molecule has 0 bridgehead atoms. The van der Waals surface area contributed by atoms with Gasteiger partial charge in [0, 0.05) is 25.2 Å². The smallest absolute Gasteiger partial charge is 0.251 e. The predicted octanol–water partition coefficient (Wildman–Crippen LogP) is 1.60. The van der Waals surface area contributed by atoms with Crippen molar-refractivity contribution in [3.63, 3.8) is 0 Å². The molecule has 0 spiro atoms. The Morgan fingerprint density at radius 1 is 1.16 bits per heavy atom. The second-order valence-corrected chi connectivity index (χ2v) is 7.79. The zero-order chi connectivity index (χ0) is 21.4. The molecule has 2 aliphatic rings. The van der Waals surface area contributed by atoms with Gasteiger partial charge in [-0.1, -0.05) is 0 Å². The molecular weight excluding hydrogens is 400 g/mol. The Kier molecular flexibility index (Phi) is 5.06. The molecule has 2 aromatic heterocycles. The fraction of sp³-hybridized carbons (Fsp3) is 0.429. The minimum Gasteiger partial charge on any atom is -0.454 e. The lowest BCUT2D eigenvalue weighted by atomic mass is 10.2. The molecule has 2 aliphatic heterocycles. The Hall–Kier alpha value is -3.40. The van der Waals surface area contributed by atoms with Gasteiger partial charge in [0.25, 0.3) is 5.91 Å². The number of aromatic nitrogens is 4. The lowest BCUT2D eigenvalue weighted by molar-refractivity contribution is -0.00537. The van der Waals surface area contributed by atoms with Gasteiger partial charge in [0.1, 0.15) is 12.1 Å². The van der Waals surface area contributed by atoms with Crippen molar-refractivity contribution in [3.05, 3.63) is 36.3 Å². The molecule has 1 amide bonds. The summed E-state index contributed by atoms with van der Waals surface area (Å²) in [4.78, 5) is 23.6. The Morgan fingerprint density at radius 2 is 1.97 bits per heavy atom. The molecule has 4 heterocycles. The number of morpholine rings is 1. The lowest BCUT2D eigenvalue weighted by Gasteiger charge is -2.36. The summed E-state index contributed by atoms with van der Waals surface area (Å²) in [5.41, 5.74) is 1.27. The molecule has 3 aromatic rings. The number of fused-ring (bicyclic) bond motifs is 2. The fourth-order valence-electron chi connectivity index (χ4n) is 4.06. The number of benzene rings is 1. The van der Waals surface area contributed by atoms with E-state index in [9.17, 15) is 4.79 Å². The maximum atomic E-state index is 12.5. The zero-order valence-electron chi connectivity index (χ0n) is 17.4. The minimum atomic E-state index is -0.179. The van der Waals surface area contributed by atoms with Crippen molar-refractivity contribution in [2.24, 2.45) is 0 Å². The highest BCUT2D eigenvalue weighted by Gasteiger charge is 2.25. The van der Waals surface area contributed by atoms with Crippen molar-refractivity contribution in [1.82, 2.24) is 25.1 Å². The fourth-order valence-corrected chi connectivity index (χ4v) is 4.06. The molecule has 1 aromatic carbocycles. The maximum Gasteiger partial charge on any atom is 0.251 e. The van der Waals surface area contributed by atoms with E-state index >= 15 is 0 Å². The van der Waals surface area contributed by atoms with Crippen LogP contribution in [0.25, 0.3) is 11.0 Å². The molecule has 162 valence electrons. The van der Waals surface area contributed by atoms with E-state index in [0.29, 0.717) is 30.2 Å². The standard InChI is InChI=1S/C21H24N6O4/c1-13-9-26(10-14(2)31-13)19-16-8-25-27(20(16)24-11-23-19)6-5-22-21(28)15-3-4-17-18(7-15)30-12-29-17/h3-4,7-8,11,13-14H,5-6,9-10,12H2,1-2H3,(H,22,28). The van der Waals surface area contributed by atoms with Crippen LogP contribution in [0.3, 0.4) is 0 Å². The van der Waals surface area contributed by atoms with Crippen LogP contribution in [0, 0.1) is 0 Å². The number of rotatable bonds is 5. The van der Waals surface area contributed by atoms with E-state index in [1.807, 2.05) is 0 Å². The molecule has 1 saturated heterocycles. The normalized spacial score (nSPS) is 20.3. The molecule has 31 heavy (non-hydrogen) atoms. The maximum absolute atomic E-state index is 12.5. The molecular formula is C21H24N6O4. The molecule has 1 fully saturated rings. The molecule has 0 saturated carbocycles. The Bertz CT molecular complexity index is 1110. The van der Waals surface area contributed by atoms with Crippen LogP contribution in [-0.4, -0.2) is 64.3 Å². The van der Waals surface area contributed by atoms with Crippen LogP contribution in [0.5, 0.6) is 11.5 Å². The zero-order valence-corrected chi connectivity index (χ0v) is 17.4. The van der Waals surface area contributed by atoms with E-state index in [2.05, 4.69) is 39.1 Å². The van der Waals surface area contributed by atoms with E-state index < -0.39 is 0 Å². The number of amides is 1. The lowest BCUT2D eigenvalue weighted by Crippen LogP contribution is -2.45. The predicted molar refractivity (Wildman–Crippen MR) is 112 cm³/mol. The van der Waals surface area contributed by atoms with Gasteiger partial charge in [-0.25, -0.2) is 14.6 Å². The van der Waals surface area contributed by atoms with Gasteiger partial charge >= 0.3 is 0 Å². The third-order valence-electron chi connectivity index (χ3n) is 5.38. The largest absolute Gasteiger partial charge is 0.454 e. The molecule has 2 unspecified atom stereocenters. The van der Waals surface area contributed by atoms with E-state index in [4.69, 9.17) is 14.2 Å². The number of anilines is 1. The summed E-state index contributed by atoms with van der Waals surface area (Å²) < 4.78 is 18.2. The van der Waals surface area contributed by atoms with Gasteiger partial charge < -0.3 is 24.4 Å². The minimum absolute atomic E-state index is 0.134. The number of carbonyl (C=O) groups excluding carboxylic acids is 1. The number of nitrogens with zero attached hydrogens (tertiary/aromatic N) is 5. The molecule has 1 N–H and O–H groups in total. The van der Waals surface area contributed by atoms with Gasteiger partial charge in [-0.2, -0.15) is 5.10 Å². The van der Waals surface area contributed by atoms with Crippen LogP contribution in [0.1, 0.15) is 24.2 Å². The molecule has 5 rings (SSSR count). The third kappa shape index (κ3) is 3.86. The van der Waals surface area contributed by atoms with Gasteiger partial charge in [0.15, 0.2) is 17.1 Å². The Balaban J connectivity index is 1.26. The van der Waals surface area contributed by atoms with Gasteiger partial charge in [-0.05, 0) is 32.0 Å². The first kappa shape index (κ1) is 19.6. The summed E-state index contributed by atoms with van der Waals surface area (Å²) in [6, 6.07) is 5.14. The monoisotopic (exact) mass is 424 g/mol. The van der Waals surface area contributed by atoms with Crippen LogP contribution < -0.4 is 19.7 Å². The Morgan fingerprint density at radius 3 is 2.81 bits per heavy atom. The highest BCUT2D eigenvalue weighted by Crippen LogP contribution is 2.32. The summed E-state index contributed by atoms with van der Waals surface area (Å²) in [5, 5.41) is 8.28. The summed E-state index contributed by atoms with van der Waals surface area (Å²) in [7, 11) is 0. The van der Waals surface area contributed by atoms with E-state index in [-0.39, 0.29) is 24.9 Å². The topological polar surface area (TPSA) is 104 Å². The Labute approximate surface area is 179 Å². The van der Waals surface area contributed by atoms with E-state index in [1.54, 1.807) is 35.4 Å². The quantitative estimate of drug-likeness (QED) is 0.659. The van der Waals surface area contributed by atoms with Crippen molar-refractivity contribution in [2.75, 3.05) is 31.3 Å². The summed E-state index contributed by atoms with van der Waals surface area (Å²) in [5.74, 6) is 1.92. The third-order valence-corrected chi connectivity index (χ3v) is 5.38. The average Bonchev–Trinajstić information content (AvgIpc) is 3.39. The first-order valence-electron chi connectivity index (χ1n) is 10.3. The highest BCUT2D eigenvalue weighted by molar-refractivity contribution is 5.95. The number of carbonyl (C=O) groups is 1. The van der Waals surface area contributed by atoms with Crippen molar-refractivity contribution < 1.29 is 19.0 Å². The summed E-state index contributed by atoms with van der Waals surface area (Å²) in [6.07, 6.45) is 3.62. The molecule has 10 nitrogen and oxygen atoms in total. The molecule has 0 radical (unpaired) electrons. The van der Waals surface area contributed by atoms with Crippen LogP contribution in [0.15, 0.2) is 30.7 Å². The molecule has 2 atom stereocenters. The second kappa shape index (κ2) is 8.03. The van der Waals surface area contributed by atoms with Gasteiger partial charge in [-0.15, -0.1) is 0 Å². The molecule has 10 heteroatoms. The first-order chi connectivity index (χ1) is 15.1. The van der Waals surface area contributed by atoms with Crippen molar-refractivity contribution in [2.45, 2.75) is 32.6 Å². The highest BCUT2D eigenvalue weighted by atomic mass is 16.7. The number of hydrogen-bond acceptors (Lipinski definition) is 8. The van der Waals surface area contributed by atoms with Crippen LogP contribution in [0.4, 0.5) is 5.82 Å². The number of hydrogen-bond donors (Lipinski definition) is 1. The van der Waals surface area contributed by atoms with Gasteiger partial charge in [-0.3, -0.25) is 4.79 Å².